The Morgan fingerprint density at radius 1 is 1.17 bits per heavy atom. The van der Waals surface area contributed by atoms with Crippen LogP contribution >= 0.6 is 0 Å². The summed E-state index contributed by atoms with van der Waals surface area (Å²) in [5, 5.41) is 2.92. The fraction of sp³-hybridized carbons (Fsp3) is 0.556. The first-order valence-electron chi connectivity index (χ1n) is 8.33. The van der Waals surface area contributed by atoms with Crippen LogP contribution in [0.2, 0.25) is 0 Å². The van der Waals surface area contributed by atoms with Gasteiger partial charge in [-0.1, -0.05) is 17.7 Å². The molecule has 0 spiro atoms. The van der Waals surface area contributed by atoms with E-state index in [-0.39, 0.29) is 17.9 Å². The maximum absolute atomic E-state index is 12.6. The number of hydrogen-bond acceptors (Lipinski definition) is 3. The molecule has 2 rings (SSSR count). The number of rotatable bonds is 4. The summed E-state index contributed by atoms with van der Waals surface area (Å²) < 4.78 is 0. The summed E-state index contributed by atoms with van der Waals surface area (Å²) in [6.45, 7) is 9.33. The Morgan fingerprint density at radius 2 is 1.96 bits per heavy atom. The summed E-state index contributed by atoms with van der Waals surface area (Å²) in [4.78, 5) is 28.5. The van der Waals surface area contributed by atoms with Gasteiger partial charge in [-0.3, -0.25) is 14.5 Å². The second kappa shape index (κ2) is 8.11. The monoisotopic (exact) mass is 317 g/mol. The molecule has 1 heterocycles. The van der Waals surface area contributed by atoms with Crippen molar-refractivity contribution < 1.29 is 9.59 Å². The zero-order valence-electron chi connectivity index (χ0n) is 14.3. The highest BCUT2D eigenvalue weighted by Crippen LogP contribution is 2.11. The summed E-state index contributed by atoms with van der Waals surface area (Å²) in [6.07, 6.45) is 0.895. The summed E-state index contributed by atoms with van der Waals surface area (Å²) in [6, 6.07) is 7.88. The SMILES string of the molecule is Cc1cccc(C(=O)N2CCCN(CC(=O)NC(C)C)CC2)c1. The predicted molar refractivity (Wildman–Crippen MR) is 91.4 cm³/mol. The maximum Gasteiger partial charge on any atom is 0.253 e. The lowest BCUT2D eigenvalue weighted by Gasteiger charge is -2.22. The molecule has 1 aromatic carbocycles. The van der Waals surface area contributed by atoms with Gasteiger partial charge in [-0.2, -0.15) is 0 Å². The van der Waals surface area contributed by atoms with E-state index >= 15 is 0 Å². The topological polar surface area (TPSA) is 52.7 Å². The second-order valence-electron chi connectivity index (χ2n) is 6.51. The molecule has 5 nitrogen and oxygen atoms in total. The van der Waals surface area contributed by atoms with Crippen LogP contribution in [0.25, 0.3) is 0 Å². The van der Waals surface area contributed by atoms with E-state index in [0.717, 1.165) is 37.2 Å². The third-order valence-corrected chi connectivity index (χ3v) is 3.96. The molecule has 1 aliphatic rings. The molecule has 5 heteroatoms. The molecule has 1 fully saturated rings. The smallest absolute Gasteiger partial charge is 0.253 e. The van der Waals surface area contributed by atoms with E-state index in [1.54, 1.807) is 0 Å². The maximum atomic E-state index is 12.6. The van der Waals surface area contributed by atoms with Gasteiger partial charge in [0, 0.05) is 37.8 Å². The van der Waals surface area contributed by atoms with Crippen molar-refractivity contribution in [3.8, 4) is 0 Å². The largest absolute Gasteiger partial charge is 0.353 e. The minimum absolute atomic E-state index is 0.0541. The molecular weight excluding hydrogens is 290 g/mol. The Bertz CT molecular complexity index is 557. The van der Waals surface area contributed by atoms with Gasteiger partial charge < -0.3 is 10.2 Å². The highest BCUT2D eigenvalue weighted by atomic mass is 16.2. The van der Waals surface area contributed by atoms with Crippen LogP contribution in [0.3, 0.4) is 0 Å². The zero-order chi connectivity index (χ0) is 16.8. The summed E-state index contributed by atoms with van der Waals surface area (Å²) in [5.74, 6) is 0.139. The van der Waals surface area contributed by atoms with Gasteiger partial charge in [-0.25, -0.2) is 0 Å². The number of amides is 2. The van der Waals surface area contributed by atoms with Crippen molar-refractivity contribution in [2.45, 2.75) is 33.2 Å². The number of benzene rings is 1. The molecule has 0 saturated carbocycles. The van der Waals surface area contributed by atoms with Gasteiger partial charge in [-0.05, 0) is 39.3 Å². The van der Waals surface area contributed by atoms with Crippen LogP contribution in [0.5, 0.6) is 0 Å². The molecule has 23 heavy (non-hydrogen) atoms. The Kier molecular flexibility index (Phi) is 6.16. The molecule has 1 N–H and O–H groups in total. The Morgan fingerprint density at radius 3 is 2.65 bits per heavy atom. The minimum Gasteiger partial charge on any atom is -0.353 e. The van der Waals surface area contributed by atoms with Gasteiger partial charge >= 0.3 is 0 Å². The fourth-order valence-corrected chi connectivity index (χ4v) is 2.86. The minimum atomic E-state index is 0.0541. The normalized spacial score (nSPS) is 16.3. The number of carbonyl (C=O) groups excluding carboxylic acids is 2. The fourth-order valence-electron chi connectivity index (χ4n) is 2.86. The van der Waals surface area contributed by atoms with Gasteiger partial charge in [0.15, 0.2) is 0 Å². The number of nitrogens with one attached hydrogen (secondary N) is 1. The summed E-state index contributed by atoms with van der Waals surface area (Å²) >= 11 is 0. The van der Waals surface area contributed by atoms with E-state index < -0.39 is 0 Å². The Labute approximate surface area is 138 Å². The third-order valence-electron chi connectivity index (χ3n) is 3.96. The van der Waals surface area contributed by atoms with E-state index in [4.69, 9.17) is 0 Å². The lowest BCUT2D eigenvalue weighted by atomic mass is 10.1. The molecule has 126 valence electrons. The first-order valence-corrected chi connectivity index (χ1v) is 8.33. The molecule has 1 aliphatic heterocycles. The number of nitrogens with zero attached hydrogens (tertiary/aromatic N) is 2. The molecule has 1 saturated heterocycles. The molecule has 0 bridgehead atoms. The highest BCUT2D eigenvalue weighted by molar-refractivity contribution is 5.94. The average Bonchev–Trinajstić information content (AvgIpc) is 2.71. The highest BCUT2D eigenvalue weighted by Gasteiger charge is 2.21. The van der Waals surface area contributed by atoms with E-state index in [1.165, 1.54) is 0 Å². The molecule has 0 atom stereocenters. The number of aryl methyl sites for hydroxylation is 1. The zero-order valence-corrected chi connectivity index (χ0v) is 14.3. The van der Waals surface area contributed by atoms with Crippen LogP contribution < -0.4 is 5.32 Å². The molecule has 0 aliphatic carbocycles. The van der Waals surface area contributed by atoms with Gasteiger partial charge in [0.05, 0.1) is 6.54 Å². The van der Waals surface area contributed by atoms with Crippen molar-refractivity contribution in [1.82, 2.24) is 15.1 Å². The molecule has 0 aromatic heterocycles. The molecule has 1 aromatic rings. The molecule has 2 amide bonds. The van der Waals surface area contributed by atoms with Gasteiger partial charge in [0.25, 0.3) is 5.91 Å². The quantitative estimate of drug-likeness (QED) is 0.919. The van der Waals surface area contributed by atoms with Crippen molar-refractivity contribution in [1.29, 1.82) is 0 Å². The Hall–Kier alpha value is -1.88. The third kappa shape index (κ3) is 5.36. The van der Waals surface area contributed by atoms with Crippen LogP contribution in [0.15, 0.2) is 24.3 Å². The van der Waals surface area contributed by atoms with Crippen LogP contribution in [0, 0.1) is 6.92 Å². The van der Waals surface area contributed by atoms with Crippen LogP contribution in [-0.4, -0.2) is 60.4 Å². The lowest BCUT2D eigenvalue weighted by molar-refractivity contribution is -0.122. The number of carbonyl (C=O) groups is 2. The van der Waals surface area contributed by atoms with E-state index in [9.17, 15) is 9.59 Å². The van der Waals surface area contributed by atoms with Crippen molar-refractivity contribution in [2.75, 3.05) is 32.7 Å². The van der Waals surface area contributed by atoms with Crippen molar-refractivity contribution in [3.05, 3.63) is 35.4 Å². The van der Waals surface area contributed by atoms with Crippen LogP contribution in [0.4, 0.5) is 0 Å². The van der Waals surface area contributed by atoms with Crippen molar-refractivity contribution >= 4 is 11.8 Å². The van der Waals surface area contributed by atoms with Gasteiger partial charge in [-0.15, -0.1) is 0 Å². The van der Waals surface area contributed by atoms with Crippen LogP contribution in [-0.2, 0) is 4.79 Å². The van der Waals surface area contributed by atoms with Crippen LogP contribution in [0.1, 0.15) is 36.2 Å². The first-order chi connectivity index (χ1) is 11.0. The lowest BCUT2D eigenvalue weighted by Crippen LogP contribution is -2.42. The average molecular weight is 317 g/mol. The molecule has 0 unspecified atom stereocenters. The van der Waals surface area contributed by atoms with Crippen molar-refractivity contribution in [2.24, 2.45) is 0 Å². The van der Waals surface area contributed by atoms with Gasteiger partial charge in [0.1, 0.15) is 0 Å². The molecule has 0 radical (unpaired) electrons. The predicted octanol–water partition coefficient (Wildman–Crippen LogP) is 1.67. The van der Waals surface area contributed by atoms with Crippen molar-refractivity contribution in [3.63, 3.8) is 0 Å². The summed E-state index contributed by atoms with van der Waals surface area (Å²) in [5.41, 5.74) is 1.84. The van der Waals surface area contributed by atoms with E-state index in [2.05, 4.69) is 10.2 Å². The van der Waals surface area contributed by atoms with E-state index in [0.29, 0.717) is 13.1 Å². The summed E-state index contributed by atoms with van der Waals surface area (Å²) in [7, 11) is 0. The molecular formula is C18H27N3O2. The van der Waals surface area contributed by atoms with Gasteiger partial charge in [0.2, 0.25) is 5.91 Å². The first kappa shape index (κ1) is 17.5. The second-order valence-corrected chi connectivity index (χ2v) is 6.51. The van der Waals surface area contributed by atoms with E-state index in [1.807, 2.05) is 49.9 Å². The standard InChI is InChI=1S/C18H27N3O2/c1-14(2)19-17(22)13-20-8-5-9-21(11-10-20)18(23)16-7-4-6-15(3)12-16/h4,6-7,12,14H,5,8-11,13H2,1-3H3,(H,19,22). The number of hydrogen-bond donors (Lipinski definition) is 1. The Balaban J connectivity index is 1.90.